The average Bonchev–Trinajstić information content (AvgIpc) is 2.81. The van der Waals surface area contributed by atoms with E-state index in [9.17, 15) is 4.21 Å². The van der Waals surface area contributed by atoms with Crippen LogP contribution in [0, 0.1) is 0 Å². The molecule has 1 unspecified atom stereocenters. The first-order chi connectivity index (χ1) is 9.20. The Bertz CT molecular complexity index is 568. The zero-order valence-electron chi connectivity index (χ0n) is 10.9. The molecule has 0 saturated carbocycles. The highest BCUT2D eigenvalue weighted by Gasteiger charge is 2.12. The number of benzene rings is 1. The highest BCUT2D eigenvalue weighted by molar-refractivity contribution is 7.84. The van der Waals surface area contributed by atoms with Crippen LogP contribution >= 0.6 is 0 Å². The first kappa shape index (κ1) is 14.0. The molecule has 0 spiro atoms. The van der Waals surface area contributed by atoms with Crippen LogP contribution in [-0.4, -0.2) is 28.2 Å². The highest BCUT2D eigenvalue weighted by atomic mass is 32.2. The second kappa shape index (κ2) is 6.68. The molecule has 2 rings (SSSR count). The van der Waals surface area contributed by atoms with Gasteiger partial charge in [0.1, 0.15) is 16.3 Å². The number of rotatable bonds is 7. The molecule has 0 amide bonds. The number of hydrogen-bond donors (Lipinski definition) is 1. The van der Waals surface area contributed by atoms with Gasteiger partial charge in [-0.3, -0.25) is 0 Å². The van der Waals surface area contributed by atoms with E-state index in [0.717, 1.165) is 12.8 Å². The van der Waals surface area contributed by atoms with E-state index in [-0.39, 0.29) is 5.22 Å². The molecule has 6 heteroatoms. The van der Waals surface area contributed by atoms with Crippen molar-refractivity contribution in [2.45, 2.75) is 25.0 Å². The molecule has 0 aliphatic heterocycles. The van der Waals surface area contributed by atoms with Crippen molar-refractivity contribution in [3.8, 4) is 0 Å². The maximum atomic E-state index is 12.0. The third-order valence-electron chi connectivity index (χ3n) is 2.64. The van der Waals surface area contributed by atoms with Crippen LogP contribution in [0.4, 0.5) is 5.69 Å². The largest absolute Gasteiger partial charge is 0.430 e. The molecule has 1 aromatic heterocycles. The summed E-state index contributed by atoms with van der Waals surface area (Å²) in [5, 5.41) is 0.236. The van der Waals surface area contributed by atoms with Gasteiger partial charge >= 0.3 is 0 Å². The standard InChI is InChI=1S/C13H18N2O3S/c1-2-3-6-17-7-8-19(16)13-15-11-5-4-10(14)9-12(11)18-13/h4-5,9H,2-3,6-8,14H2,1H3. The van der Waals surface area contributed by atoms with Gasteiger partial charge in [0, 0.05) is 18.4 Å². The molecule has 19 heavy (non-hydrogen) atoms. The van der Waals surface area contributed by atoms with Crippen LogP contribution in [0.1, 0.15) is 19.8 Å². The molecular weight excluding hydrogens is 264 g/mol. The summed E-state index contributed by atoms with van der Waals surface area (Å²) in [6.07, 6.45) is 2.12. The monoisotopic (exact) mass is 282 g/mol. The predicted octanol–water partition coefficient (Wildman–Crippen LogP) is 2.33. The van der Waals surface area contributed by atoms with Crippen molar-refractivity contribution in [3.63, 3.8) is 0 Å². The summed E-state index contributed by atoms with van der Waals surface area (Å²) in [6, 6.07) is 5.18. The summed E-state index contributed by atoms with van der Waals surface area (Å²) in [6.45, 7) is 3.26. The highest BCUT2D eigenvalue weighted by Crippen LogP contribution is 2.20. The lowest BCUT2D eigenvalue weighted by Crippen LogP contribution is -2.07. The van der Waals surface area contributed by atoms with Gasteiger partial charge in [0.2, 0.25) is 0 Å². The quantitative estimate of drug-likeness (QED) is 0.623. The molecule has 0 fully saturated rings. The van der Waals surface area contributed by atoms with Crippen molar-refractivity contribution in [2.75, 3.05) is 24.7 Å². The van der Waals surface area contributed by atoms with E-state index < -0.39 is 10.8 Å². The molecule has 0 radical (unpaired) electrons. The second-order valence-electron chi connectivity index (χ2n) is 4.22. The Hall–Kier alpha value is -1.40. The van der Waals surface area contributed by atoms with E-state index in [1.54, 1.807) is 18.2 Å². The third-order valence-corrected chi connectivity index (χ3v) is 3.74. The fourth-order valence-corrected chi connectivity index (χ4v) is 2.41. The van der Waals surface area contributed by atoms with Crippen LogP contribution in [0.5, 0.6) is 0 Å². The maximum Gasteiger partial charge on any atom is 0.288 e. The van der Waals surface area contributed by atoms with Crippen molar-refractivity contribution >= 4 is 27.6 Å². The van der Waals surface area contributed by atoms with Gasteiger partial charge in [0.25, 0.3) is 5.22 Å². The van der Waals surface area contributed by atoms with Crippen LogP contribution in [0.25, 0.3) is 11.1 Å². The Morgan fingerprint density at radius 1 is 1.42 bits per heavy atom. The van der Waals surface area contributed by atoms with Gasteiger partial charge in [0.05, 0.1) is 12.4 Å². The molecule has 0 aliphatic carbocycles. The van der Waals surface area contributed by atoms with Gasteiger partial charge in [-0.15, -0.1) is 0 Å². The minimum absolute atomic E-state index is 0.236. The number of anilines is 1. The molecule has 5 nitrogen and oxygen atoms in total. The van der Waals surface area contributed by atoms with E-state index in [4.69, 9.17) is 14.9 Å². The van der Waals surface area contributed by atoms with Crippen LogP contribution in [0.15, 0.2) is 27.8 Å². The maximum absolute atomic E-state index is 12.0. The summed E-state index contributed by atoms with van der Waals surface area (Å²) < 4.78 is 22.8. The van der Waals surface area contributed by atoms with Crippen molar-refractivity contribution in [3.05, 3.63) is 18.2 Å². The zero-order chi connectivity index (χ0) is 13.7. The van der Waals surface area contributed by atoms with Gasteiger partial charge in [-0.1, -0.05) is 13.3 Å². The zero-order valence-corrected chi connectivity index (χ0v) is 11.7. The Morgan fingerprint density at radius 2 is 2.26 bits per heavy atom. The van der Waals surface area contributed by atoms with Gasteiger partial charge in [-0.05, 0) is 18.6 Å². The first-order valence-corrected chi connectivity index (χ1v) is 7.65. The number of nitrogen functional groups attached to an aromatic ring is 1. The van der Waals surface area contributed by atoms with Crippen molar-refractivity contribution in [2.24, 2.45) is 0 Å². The normalized spacial score (nSPS) is 12.9. The van der Waals surface area contributed by atoms with Crippen molar-refractivity contribution in [1.29, 1.82) is 0 Å². The lowest BCUT2D eigenvalue weighted by molar-refractivity contribution is 0.146. The molecule has 0 bridgehead atoms. The summed E-state index contributed by atoms with van der Waals surface area (Å²) in [4.78, 5) is 4.19. The van der Waals surface area contributed by atoms with Crippen LogP contribution in [-0.2, 0) is 15.5 Å². The Kier molecular flexibility index (Phi) is 4.93. The number of aromatic nitrogens is 1. The molecule has 2 aromatic rings. The van der Waals surface area contributed by atoms with Crippen LogP contribution < -0.4 is 5.73 Å². The van der Waals surface area contributed by atoms with Crippen LogP contribution in [0.3, 0.4) is 0 Å². The molecule has 1 atom stereocenters. The Balaban J connectivity index is 1.94. The lowest BCUT2D eigenvalue weighted by atomic mass is 10.3. The molecule has 104 valence electrons. The van der Waals surface area contributed by atoms with E-state index >= 15 is 0 Å². The molecule has 0 aliphatic rings. The van der Waals surface area contributed by atoms with Gasteiger partial charge in [-0.2, -0.15) is 0 Å². The fourth-order valence-electron chi connectivity index (χ4n) is 1.59. The van der Waals surface area contributed by atoms with Crippen molar-refractivity contribution < 1.29 is 13.4 Å². The van der Waals surface area contributed by atoms with E-state index in [2.05, 4.69) is 11.9 Å². The predicted molar refractivity (Wildman–Crippen MR) is 75.4 cm³/mol. The molecule has 1 aromatic carbocycles. The van der Waals surface area contributed by atoms with Crippen LogP contribution in [0.2, 0.25) is 0 Å². The Labute approximate surface area is 114 Å². The minimum Gasteiger partial charge on any atom is -0.430 e. The van der Waals surface area contributed by atoms with E-state index in [0.29, 0.717) is 35.8 Å². The number of nitrogens with zero attached hydrogens (tertiary/aromatic N) is 1. The van der Waals surface area contributed by atoms with E-state index in [1.165, 1.54) is 0 Å². The van der Waals surface area contributed by atoms with E-state index in [1.807, 2.05) is 0 Å². The second-order valence-corrected chi connectivity index (χ2v) is 5.67. The first-order valence-electron chi connectivity index (χ1n) is 6.33. The number of nitrogens with two attached hydrogens (primary N) is 1. The molecule has 1 heterocycles. The number of oxazole rings is 1. The average molecular weight is 282 g/mol. The lowest BCUT2D eigenvalue weighted by Gasteiger charge is -2.00. The molecular formula is C13H18N2O3S. The topological polar surface area (TPSA) is 78.3 Å². The molecule has 0 saturated heterocycles. The van der Waals surface area contributed by atoms with Gasteiger partial charge in [0.15, 0.2) is 5.58 Å². The number of unbranched alkanes of at least 4 members (excludes halogenated alkanes) is 1. The summed E-state index contributed by atoms with van der Waals surface area (Å²) in [5.41, 5.74) is 7.49. The third kappa shape index (κ3) is 3.78. The molecule has 2 N–H and O–H groups in total. The summed E-state index contributed by atoms with van der Waals surface area (Å²) >= 11 is 0. The van der Waals surface area contributed by atoms with Gasteiger partial charge in [-0.25, -0.2) is 9.19 Å². The number of ether oxygens (including phenoxy) is 1. The SMILES string of the molecule is CCCCOCCS(=O)c1nc2ccc(N)cc2o1. The smallest absolute Gasteiger partial charge is 0.288 e. The minimum atomic E-state index is -1.27. The van der Waals surface area contributed by atoms with Crippen molar-refractivity contribution in [1.82, 2.24) is 4.98 Å². The Morgan fingerprint density at radius 3 is 3.05 bits per heavy atom. The number of fused-ring (bicyclic) bond motifs is 1. The fraction of sp³-hybridized carbons (Fsp3) is 0.462. The summed E-state index contributed by atoms with van der Waals surface area (Å²) in [5.74, 6) is 0.395. The van der Waals surface area contributed by atoms with Gasteiger partial charge < -0.3 is 14.9 Å². The number of hydrogen-bond acceptors (Lipinski definition) is 5. The summed E-state index contributed by atoms with van der Waals surface area (Å²) in [7, 11) is -1.27.